The molecule has 0 N–H and O–H groups in total. The fourth-order valence-electron chi connectivity index (χ4n) is 1.51. The van der Waals surface area contributed by atoms with Crippen molar-refractivity contribution in [2.75, 3.05) is 0 Å². The van der Waals surface area contributed by atoms with Gasteiger partial charge in [-0.2, -0.15) is 18.2 Å². The first-order chi connectivity index (χ1) is 8.54. The van der Waals surface area contributed by atoms with Gasteiger partial charge in [0, 0.05) is 24.2 Å². The van der Waals surface area contributed by atoms with E-state index in [1.54, 1.807) is 35.1 Å². The Morgan fingerprint density at radius 3 is 2.78 bits per heavy atom. The van der Waals surface area contributed by atoms with Crippen LogP contribution in [0.3, 0.4) is 0 Å². The molecule has 3 heterocycles. The average molecular weight is 254 g/mol. The van der Waals surface area contributed by atoms with E-state index in [2.05, 4.69) is 19.6 Å². The van der Waals surface area contributed by atoms with E-state index in [4.69, 9.17) is 0 Å². The van der Waals surface area contributed by atoms with Crippen LogP contribution in [0.15, 0.2) is 35.2 Å². The second-order valence-corrected chi connectivity index (χ2v) is 3.53. The molecule has 0 aliphatic carbocycles. The Hall–Kier alpha value is -2.38. The Labute approximate surface area is 97.9 Å². The molecule has 0 aliphatic heterocycles. The van der Waals surface area contributed by atoms with Gasteiger partial charge in [0.05, 0.1) is 0 Å². The molecule has 0 unspecified atom stereocenters. The lowest BCUT2D eigenvalue weighted by molar-refractivity contribution is -0.159. The summed E-state index contributed by atoms with van der Waals surface area (Å²) in [7, 11) is 0. The Balaban J connectivity index is 2.06. The molecule has 0 aliphatic rings. The summed E-state index contributed by atoms with van der Waals surface area (Å²) in [4.78, 5) is 7.32. The van der Waals surface area contributed by atoms with Crippen LogP contribution < -0.4 is 0 Å². The Morgan fingerprint density at radius 1 is 1.22 bits per heavy atom. The maximum Gasteiger partial charge on any atom is 0.471 e. The minimum absolute atomic E-state index is 0.113. The number of halogens is 3. The smallest absolute Gasteiger partial charge is 0.329 e. The average Bonchev–Trinajstić information content (AvgIpc) is 2.96. The summed E-state index contributed by atoms with van der Waals surface area (Å²) >= 11 is 0. The largest absolute Gasteiger partial charge is 0.471 e. The van der Waals surface area contributed by atoms with Gasteiger partial charge in [-0.15, -0.1) is 0 Å². The zero-order chi connectivity index (χ0) is 12.8. The number of imidazole rings is 1. The predicted octanol–water partition coefficient (Wildman–Crippen LogP) is 2.40. The first-order valence-electron chi connectivity index (χ1n) is 4.88. The van der Waals surface area contributed by atoms with Gasteiger partial charge in [0.2, 0.25) is 5.82 Å². The second kappa shape index (κ2) is 3.56. The molecule has 8 heteroatoms. The zero-order valence-corrected chi connectivity index (χ0v) is 8.72. The number of fused-ring (bicyclic) bond motifs is 1. The van der Waals surface area contributed by atoms with Crippen LogP contribution in [0.25, 0.3) is 17.0 Å². The molecule has 0 spiro atoms. The molecule has 18 heavy (non-hydrogen) atoms. The van der Waals surface area contributed by atoms with E-state index < -0.39 is 12.1 Å². The van der Waals surface area contributed by atoms with Gasteiger partial charge in [-0.3, -0.25) is 0 Å². The SMILES string of the molecule is FC(F)(F)c1nc(-c2ccc3nccn3c2)no1. The van der Waals surface area contributed by atoms with Gasteiger partial charge < -0.3 is 8.92 Å². The standard InChI is InChI=1S/C10H5F3N4O/c11-10(12,13)9-15-8(16-18-9)6-1-2-7-14-3-4-17(7)5-6/h1-5H. The fraction of sp³-hybridized carbons (Fsp3) is 0.100. The predicted molar refractivity (Wildman–Crippen MR) is 53.5 cm³/mol. The molecule has 0 saturated heterocycles. The molecule has 0 bridgehead atoms. The van der Waals surface area contributed by atoms with Crippen molar-refractivity contribution in [1.82, 2.24) is 19.5 Å². The number of rotatable bonds is 1. The highest BCUT2D eigenvalue weighted by atomic mass is 19.4. The van der Waals surface area contributed by atoms with Crippen LogP contribution in [-0.2, 0) is 6.18 Å². The van der Waals surface area contributed by atoms with Crippen molar-refractivity contribution in [2.24, 2.45) is 0 Å². The first-order valence-corrected chi connectivity index (χ1v) is 4.88. The van der Waals surface area contributed by atoms with Crippen LogP contribution in [0, 0.1) is 0 Å². The number of hydrogen-bond acceptors (Lipinski definition) is 4. The van der Waals surface area contributed by atoms with Crippen LogP contribution >= 0.6 is 0 Å². The van der Waals surface area contributed by atoms with Gasteiger partial charge in [0.15, 0.2) is 0 Å². The minimum atomic E-state index is -4.63. The van der Waals surface area contributed by atoms with Crippen molar-refractivity contribution in [2.45, 2.75) is 6.18 Å². The summed E-state index contributed by atoms with van der Waals surface area (Å²) in [6, 6.07) is 3.23. The van der Waals surface area contributed by atoms with Crippen LogP contribution in [0.4, 0.5) is 13.2 Å². The van der Waals surface area contributed by atoms with E-state index in [1.165, 1.54) is 0 Å². The number of aromatic nitrogens is 4. The summed E-state index contributed by atoms with van der Waals surface area (Å²) in [5.74, 6) is -1.47. The highest BCUT2D eigenvalue weighted by Crippen LogP contribution is 2.29. The molecule has 0 amide bonds. The van der Waals surface area contributed by atoms with Crippen molar-refractivity contribution < 1.29 is 17.7 Å². The van der Waals surface area contributed by atoms with Crippen molar-refractivity contribution >= 4 is 5.65 Å². The minimum Gasteiger partial charge on any atom is -0.329 e. The molecule has 3 aromatic rings. The van der Waals surface area contributed by atoms with Gasteiger partial charge in [-0.1, -0.05) is 5.16 Å². The van der Waals surface area contributed by atoms with Gasteiger partial charge in [0.25, 0.3) is 0 Å². The molecule has 5 nitrogen and oxygen atoms in total. The summed E-state index contributed by atoms with van der Waals surface area (Å²) in [6.45, 7) is 0. The molecular weight excluding hydrogens is 249 g/mol. The van der Waals surface area contributed by atoms with Crippen molar-refractivity contribution in [1.29, 1.82) is 0 Å². The van der Waals surface area contributed by atoms with Gasteiger partial charge in [-0.05, 0) is 12.1 Å². The summed E-state index contributed by atoms with van der Waals surface area (Å²) < 4.78 is 42.7. The van der Waals surface area contributed by atoms with E-state index in [-0.39, 0.29) is 5.82 Å². The third kappa shape index (κ3) is 1.71. The van der Waals surface area contributed by atoms with E-state index in [0.29, 0.717) is 11.2 Å². The third-order valence-corrected chi connectivity index (χ3v) is 2.32. The topological polar surface area (TPSA) is 56.2 Å². The molecule has 3 rings (SSSR count). The van der Waals surface area contributed by atoms with E-state index in [1.807, 2.05) is 0 Å². The van der Waals surface area contributed by atoms with Gasteiger partial charge >= 0.3 is 12.1 Å². The second-order valence-electron chi connectivity index (χ2n) is 3.53. The summed E-state index contributed by atoms with van der Waals surface area (Å²) in [5, 5.41) is 3.30. The fourth-order valence-corrected chi connectivity index (χ4v) is 1.51. The molecule has 92 valence electrons. The van der Waals surface area contributed by atoms with E-state index >= 15 is 0 Å². The third-order valence-electron chi connectivity index (χ3n) is 2.32. The lowest BCUT2D eigenvalue weighted by Gasteiger charge is -1.97. The normalized spacial score (nSPS) is 12.2. The zero-order valence-electron chi connectivity index (χ0n) is 8.72. The summed E-state index contributed by atoms with van der Waals surface area (Å²) in [5.41, 5.74) is 1.10. The lowest BCUT2D eigenvalue weighted by Crippen LogP contribution is -2.04. The molecule has 0 saturated carbocycles. The molecule has 0 aromatic carbocycles. The van der Waals surface area contributed by atoms with Crippen molar-refractivity contribution in [3.05, 3.63) is 36.6 Å². The van der Waals surface area contributed by atoms with Gasteiger partial charge in [0.1, 0.15) is 5.65 Å². The maximum absolute atomic E-state index is 12.3. The number of alkyl halides is 3. The Kier molecular flexibility index (Phi) is 2.12. The van der Waals surface area contributed by atoms with Crippen molar-refractivity contribution in [3.63, 3.8) is 0 Å². The molecule has 3 aromatic heterocycles. The first kappa shape index (κ1) is 10.8. The monoisotopic (exact) mass is 254 g/mol. The Morgan fingerprint density at radius 2 is 2.06 bits per heavy atom. The highest BCUT2D eigenvalue weighted by molar-refractivity contribution is 5.56. The molecule has 0 radical (unpaired) electrons. The van der Waals surface area contributed by atoms with Crippen LogP contribution in [0.2, 0.25) is 0 Å². The van der Waals surface area contributed by atoms with Gasteiger partial charge in [-0.25, -0.2) is 4.98 Å². The lowest BCUT2D eigenvalue weighted by atomic mass is 10.3. The number of pyridine rings is 1. The number of nitrogens with zero attached hydrogens (tertiary/aromatic N) is 4. The Bertz CT molecular complexity index is 700. The molecular formula is C10H5F3N4O. The van der Waals surface area contributed by atoms with Crippen molar-refractivity contribution in [3.8, 4) is 11.4 Å². The van der Waals surface area contributed by atoms with Crippen LogP contribution in [-0.4, -0.2) is 19.5 Å². The molecule has 0 fully saturated rings. The maximum atomic E-state index is 12.3. The van der Waals surface area contributed by atoms with E-state index in [9.17, 15) is 13.2 Å². The quantitative estimate of drug-likeness (QED) is 0.669. The van der Waals surface area contributed by atoms with Crippen LogP contribution in [0.5, 0.6) is 0 Å². The van der Waals surface area contributed by atoms with E-state index in [0.717, 1.165) is 0 Å². The van der Waals surface area contributed by atoms with Crippen LogP contribution in [0.1, 0.15) is 5.89 Å². The summed E-state index contributed by atoms with van der Waals surface area (Å²) in [6.07, 6.45) is 0.192. The number of hydrogen-bond donors (Lipinski definition) is 0. The highest BCUT2D eigenvalue weighted by Gasteiger charge is 2.38. The molecule has 0 atom stereocenters.